The molecule has 1 aromatic rings. The molecule has 20 heavy (non-hydrogen) atoms. The minimum Gasteiger partial charge on any atom is -0.492 e. The summed E-state index contributed by atoms with van der Waals surface area (Å²) in [6, 6.07) is 5.94. The largest absolute Gasteiger partial charge is 0.492 e. The molecular weight excluding hydrogens is 280 g/mol. The number of nitrogens with two attached hydrogens (primary N) is 1. The van der Waals surface area contributed by atoms with Crippen LogP contribution in [0.2, 0.25) is 0 Å². The lowest BCUT2D eigenvalue weighted by atomic mass is 10.3. The van der Waals surface area contributed by atoms with E-state index in [1.54, 1.807) is 19.1 Å². The molecule has 1 aromatic carbocycles. The molecule has 1 rings (SSSR count). The molecule has 0 amide bonds. The first-order chi connectivity index (χ1) is 9.49. The zero-order chi connectivity index (χ0) is 15.0. The quantitative estimate of drug-likeness (QED) is 0.701. The number of benzene rings is 1. The van der Waals surface area contributed by atoms with Crippen molar-refractivity contribution in [3.8, 4) is 5.75 Å². The van der Waals surface area contributed by atoms with Crippen LogP contribution in [-0.4, -0.2) is 40.8 Å². The Morgan fingerprint density at radius 3 is 2.50 bits per heavy atom. The van der Waals surface area contributed by atoms with Gasteiger partial charge in [-0.05, 0) is 38.1 Å². The van der Waals surface area contributed by atoms with Crippen LogP contribution in [0.1, 0.15) is 13.8 Å². The molecule has 0 aliphatic carbocycles. The van der Waals surface area contributed by atoms with Gasteiger partial charge in [0.15, 0.2) is 0 Å². The van der Waals surface area contributed by atoms with Gasteiger partial charge < -0.3 is 15.2 Å². The summed E-state index contributed by atoms with van der Waals surface area (Å²) in [5, 5.41) is 0. The molecule has 0 radical (unpaired) electrons. The first-order valence-electron chi connectivity index (χ1n) is 6.52. The Kier molecular flexibility index (Phi) is 6.94. The van der Waals surface area contributed by atoms with Crippen molar-refractivity contribution in [2.24, 2.45) is 5.73 Å². The van der Waals surface area contributed by atoms with Gasteiger partial charge in [0.2, 0.25) is 10.0 Å². The molecule has 0 heterocycles. The Morgan fingerprint density at radius 2 is 1.95 bits per heavy atom. The SMILES string of the molecule is CCOCC(C)NS(=O)(=O)c1ccc(OCCN)cc1. The van der Waals surface area contributed by atoms with Crippen molar-refractivity contribution >= 4 is 10.0 Å². The molecule has 0 saturated carbocycles. The van der Waals surface area contributed by atoms with Gasteiger partial charge in [0.25, 0.3) is 0 Å². The third kappa shape index (κ3) is 5.46. The fourth-order valence-electron chi connectivity index (χ4n) is 1.55. The van der Waals surface area contributed by atoms with Gasteiger partial charge in [0.1, 0.15) is 12.4 Å². The maximum absolute atomic E-state index is 12.1. The standard InChI is InChI=1S/C13H22N2O4S/c1-3-18-10-11(2)15-20(16,17)13-6-4-12(5-7-13)19-9-8-14/h4-7,11,15H,3,8-10,14H2,1-2H3. The van der Waals surface area contributed by atoms with Gasteiger partial charge in [-0.3, -0.25) is 0 Å². The molecule has 114 valence electrons. The van der Waals surface area contributed by atoms with Crippen molar-refractivity contribution in [1.29, 1.82) is 0 Å². The smallest absolute Gasteiger partial charge is 0.240 e. The predicted octanol–water partition coefficient (Wildman–Crippen LogP) is 0.727. The molecule has 1 unspecified atom stereocenters. The van der Waals surface area contributed by atoms with Crippen LogP contribution in [0, 0.1) is 0 Å². The molecule has 0 fully saturated rings. The highest BCUT2D eigenvalue weighted by atomic mass is 32.2. The Morgan fingerprint density at radius 1 is 1.30 bits per heavy atom. The number of nitrogens with one attached hydrogen (secondary N) is 1. The highest BCUT2D eigenvalue weighted by Crippen LogP contribution is 2.16. The van der Waals surface area contributed by atoms with E-state index in [1.807, 2.05) is 6.92 Å². The van der Waals surface area contributed by atoms with E-state index in [1.165, 1.54) is 12.1 Å². The number of sulfonamides is 1. The Labute approximate surface area is 120 Å². The lowest BCUT2D eigenvalue weighted by Crippen LogP contribution is -2.35. The van der Waals surface area contributed by atoms with Crippen LogP contribution < -0.4 is 15.2 Å². The van der Waals surface area contributed by atoms with E-state index in [4.69, 9.17) is 15.2 Å². The second-order valence-electron chi connectivity index (χ2n) is 4.29. The van der Waals surface area contributed by atoms with E-state index in [0.717, 1.165) is 0 Å². The maximum atomic E-state index is 12.1. The second-order valence-corrected chi connectivity index (χ2v) is 6.00. The van der Waals surface area contributed by atoms with Gasteiger partial charge in [0, 0.05) is 19.2 Å². The number of hydrogen-bond acceptors (Lipinski definition) is 5. The van der Waals surface area contributed by atoms with E-state index in [0.29, 0.717) is 32.1 Å². The van der Waals surface area contributed by atoms with Gasteiger partial charge in [-0.15, -0.1) is 0 Å². The highest BCUT2D eigenvalue weighted by molar-refractivity contribution is 7.89. The first kappa shape index (κ1) is 16.9. The van der Waals surface area contributed by atoms with Gasteiger partial charge in [-0.2, -0.15) is 0 Å². The van der Waals surface area contributed by atoms with Crippen LogP contribution in [0.15, 0.2) is 29.2 Å². The summed E-state index contributed by atoms with van der Waals surface area (Å²) >= 11 is 0. The van der Waals surface area contributed by atoms with Crippen molar-refractivity contribution < 1.29 is 17.9 Å². The molecule has 0 spiro atoms. The minimum atomic E-state index is -3.54. The van der Waals surface area contributed by atoms with Crippen molar-refractivity contribution in [3.63, 3.8) is 0 Å². The fourth-order valence-corrected chi connectivity index (χ4v) is 2.78. The van der Waals surface area contributed by atoms with Gasteiger partial charge in [0.05, 0.1) is 11.5 Å². The molecule has 7 heteroatoms. The van der Waals surface area contributed by atoms with E-state index in [-0.39, 0.29) is 10.9 Å². The Bertz CT molecular complexity index is 488. The summed E-state index contributed by atoms with van der Waals surface area (Å²) in [6.45, 7) is 5.33. The zero-order valence-electron chi connectivity index (χ0n) is 11.8. The summed E-state index contributed by atoms with van der Waals surface area (Å²) in [5.74, 6) is 0.594. The molecule has 0 bridgehead atoms. The highest BCUT2D eigenvalue weighted by Gasteiger charge is 2.17. The van der Waals surface area contributed by atoms with Crippen LogP contribution in [0.25, 0.3) is 0 Å². The zero-order valence-corrected chi connectivity index (χ0v) is 12.7. The van der Waals surface area contributed by atoms with Crippen molar-refractivity contribution in [3.05, 3.63) is 24.3 Å². The lowest BCUT2D eigenvalue weighted by Gasteiger charge is -2.14. The third-order valence-corrected chi connectivity index (χ3v) is 4.05. The Hall–Kier alpha value is -1.15. The maximum Gasteiger partial charge on any atom is 0.240 e. The van der Waals surface area contributed by atoms with Crippen molar-refractivity contribution in [2.45, 2.75) is 24.8 Å². The normalized spacial score (nSPS) is 13.2. The van der Waals surface area contributed by atoms with Crippen molar-refractivity contribution in [1.82, 2.24) is 4.72 Å². The van der Waals surface area contributed by atoms with Gasteiger partial charge in [-0.25, -0.2) is 13.1 Å². The topological polar surface area (TPSA) is 90.6 Å². The fraction of sp³-hybridized carbons (Fsp3) is 0.538. The molecule has 0 saturated heterocycles. The molecule has 3 N–H and O–H groups in total. The summed E-state index contributed by atoms with van der Waals surface area (Å²) < 4.78 is 37.2. The van der Waals surface area contributed by atoms with E-state index >= 15 is 0 Å². The first-order valence-corrected chi connectivity index (χ1v) is 8.01. The number of hydrogen-bond donors (Lipinski definition) is 2. The van der Waals surface area contributed by atoms with E-state index in [9.17, 15) is 8.42 Å². The Balaban J connectivity index is 2.67. The summed E-state index contributed by atoms with van der Waals surface area (Å²) in [4.78, 5) is 0.195. The van der Waals surface area contributed by atoms with Crippen LogP contribution in [0.4, 0.5) is 0 Å². The van der Waals surface area contributed by atoms with Crippen LogP contribution in [0.5, 0.6) is 5.75 Å². The molecular formula is C13H22N2O4S. The minimum absolute atomic E-state index is 0.195. The average Bonchev–Trinajstić information content (AvgIpc) is 2.43. The van der Waals surface area contributed by atoms with Crippen LogP contribution in [-0.2, 0) is 14.8 Å². The van der Waals surface area contributed by atoms with Crippen LogP contribution in [0.3, 0.4) is 0 Å². The van der Waals surface area contributed by atoms with Crippen LogP contribution >= 0.6 is 0 Å². The second kappa shape index (κ2) is 8.21. The van der Waals surface area contributed by atoms with Gasteiger partial charge >= 0.3 is 0 Å². The molecule has 0 aromatic heterocycles. The molecule has 1 atom stereocenters. The third-order valence-electron chi connectivity index (χ3n) is 2.45. The summed E-state index contributed by atoms with van der Waals surface area (Å²) in [6.07, 6.45) is 0. The monoisotopic (exact) mass is 302 g/mol. The predicted molar refractivity (Wildman–Crippen MR) is 77.3 cm³/mol. The summed E-state index contributed by atoms with van der Waals surface area (Å²) in [5.41, 5.74) is 5.33. The average molecular weight is 302 g/mol. The molecule has 6 nitrogen and oxygen atoms in total. The molecule has 0 aliphatic heterocycles. The van der Waals surface area contributed by atoms with Crippen molar-refractivity contribution in [2.75, 3.05) is 26.4 Å². The number of ether oxygens (including phenoxy) is 2. The van der Waals surface area contributed by atoms with Gasteiger partial charge in [-0.1, -0.05) is 0 Å². The van der Waals surface area contributed by atoms with E-state index in [2.05, 4.69) is 4.72 Å². The summed E-state index contributed by atoms with van der Waals surface area (Å²) in [7, 11) is -3.54. The van der Waals surface area contributed by atoms with E-state index < -0.39 is 10.0 Å². The number of rotatable bonds is 9. The molecule has 0 aliphatic rings. The lowest BCUT2D eigenvalue weighted by molar-refractivity contribution is 0.133.